The Morgan fingerprint density at radius 1 is 1.00 bits per heavy atom. The highest BCUT2D eigenvalue weighted by Crippen LogP contribution is 2.31. The van der Waals surface area contributed by atoms with Crippen LogP contribution in [0.15, 0.2) is 34.9 Å². The molecule has 0 fully saturated rings. The van der Waals surface area contributed by atoms with Gasteiger partial charge in [-0.25, -0.2) is 0 Å². The summed E-state index contributed by atoms with van der Waals surface area (Å²) in [7, 11) is 3.23. The van der Waals surface area contributed by atoms with E-state index in [4.69, 9.17) is 9.47 Å². The predicted octanol–water partition coefficient (Wildman–Crippen LogP) is 2.92. The monoisotopic (exact) mass is 294 g/mol. The van der Waals surface area contributed by atoms with Crippen LogP contribution in [0.4, 0.5) is 0 Å². The summed E-state index contributed by atoms with van der Waals surface area (Å²) in [4.78, 5) is 0. The second kappa shape index (κ2) is 5.14. The van der Waals surface area contributed by atoms with Gasteiger partial charge in [0.15, 0.2) is 0 Å². The fourth-order valence-corrected chi connectivity index (χ4v) is 1.68. The van der Waals surface area contributed by atoms with Gasteiger partial charge in [-0.2, -0.15) is 0 Å². The zero-order valence-corrected chi connectivity index (χ0v) is 11.1. The van der Waals surface area contributed by atoms with E-state index in [1.807, 2.05) is 30.3 Å². The molecule has 0 aliphatic heterocycles. The Morgan fingerprint density at radius 3 is 2.41 bits per heavy atom. The van der Waals surface area contributed by atoms with Crippen molar-refractivity contribution in [2.45, 2.75) is 0 Å². The molecule has 2 rings (SSSR count). The average Bonchev–Trinajstić information content (AvgIpc) is 2.39. The van der Waals surface area contributed by atoms with Crippen LogP contribution in [-0.4, -0.2) is 24.4 Å². The molecule has 0 radical (unpaired) electrons. The second-order valence-electron chi connectivity index (χ2n) is 3.31. The SMILES string of the molecule is COc1ccc(-c2ccc(Br)nn2)c(OC)c1. The molecule has 0 N–H and O–H groups in total. The Hall–Kier alpha value is -1.62. The summed E-state index contributed by atoms with van der Waals surface area (Å²) < 4.78 is 11.2. The second-order valence-corrected chi connectivity index (χ2v) is 4.12. The van der Waals surface area contributed by atoms with Crippen molar-refractivity contribution in [3.63, 3.8) is 0 Å². The molecule has 1 aromatic carbocycles. The fourth-order valence-electron chi connectivity index (χ4n) is 1.47. The average molecular weight is 295 g/mol. The molecule has 0 bridgehead atoms. The number of halogens is 1. The van der Waals surface area contributed by atoms with Crippen molar-refractivity contribution < 1.29 is 9.47 Å². The first-order valence-corrected chi connectivity index (χ1v) is 5.75. The molecule has 0 saturated heterocycles. The van der Waals surface area contributed by atoms with E-state index in [0.717, 1.165) is 17.0 Å². The Bertz CT molecular complexity index is 514. The van der Waals surface area contributed by atoms with E-state index in [-0.39, 0.29) is 0 Å². The molecule has 4 nitrogen and oxygen atoms in total. The number of nitrogens with zero attached hydrogens (tertiary/aromatic N) is 2. The molecule has 0 unspecified atom stereocenters. The van der Waals surface area contributed by atoms with Crippen LogP contribution in [0, 0.1) is 0 Å². The summed E-state index contributed by atoms with van der Waals surface area (Å²) in [6.07, 6.45) is 0. The van der Waals surface area contributed by atoms with Crippen LogP contribution in [0.25, 0.3) is 11.3 Å². The van der Waals surface area contributed by atoms with Gasteiger partial charge in [0.25, 0.3) is 0 Å². The molecule has 0 spiro atoms. The lowest BCUT2D eigenvalue weighted by atomic mass is 10.1. The van der Waals surface area contributed by atoms with Crippen LogP contribution >= 0.6 is 15.9 Å². The fraction of sp³-hybridized carbons (Fsp3) is 0.167. The van der Waals surface area contributed by atoms with Gasteiger partial charge in [-0.3, -0.25) is 0 Å². The number of methoxy groups -OCH3 is 2. The number of benzene rings is 1. The maximum Gasteiger partial charge on any atom is 0.132 e. The number of ether oxygens (including phenoxy) is 2. The zero-order valence-electron chi connectivity index (χ0n) is 9.48. The third-order valence-corrected chi connectivity index (χ3v) is 2.74. The smallest absolute Gasteiger partial charge is 0.132 e. The predicted molar refractivity (Wildman–Crippen MR) is 68.3 cm³/mol. The van der Waals surface area contributed by atoms with Gasteiger partial charge >= 0.3 is 0 Å². The van der Waals surface area contributed by atoms with E-state index < -0.39 is 0 Å². The van der Waals surface area contributed by atoms with E-state index in [0.29, 0.717) is 10.4 Å². The van der Waals surface area contributed by atoms with Gasteiger partial charge in [0.2, 0.25) is 0 Å². The topological polar surface area (TPSA) is 44.2 Å². The Balaban J connectivity index is 2.47. The van der Waals surface area contributed by atoms with Gasteiger partial charge in [-0.05, 0) is 40.2 Å². The molecule has 5 heteroatoms. The summed E-state index contributed by atoms with van der Waals surface area (Å²) in [5.74, 6) is 1.46. The molecule has 17 heavy (non-hydrogen) atoms. The van der Waals surface area contributed by atoms with Gasteiger partial charge in [0.05, 0.1) is 19.9 Å². The minimum atomic E-state index is 0.703. The lowest BCUT2D eigenvalue weighted by molar-refractivity contribution is 0.395. The molecular weight excluding hydrogens is 284 g/mol. The molecule has 2 aromatic rings. The normalized spacial score (nSPS) is 10.1. The lowest BCUT2D eigenvalue weighted by Gasteiger charge is -2.09. The first-order chi connectivity index (χ1) is 8.24. The first-order valence-electron chi connectivity index (χ1n) is 4.96. The minimum Gasteiger partial charge on any atom is -0.497 e. The highest BCUT2D eigenvalue weighted by molar-refractivity contribution is 9.10. The van der Waals surface area contributed by atoms with E-state index in [9.17, 15) is 0 Å². The van der Waals surface area contributed by atoms with Gasteiger partial charge in [0.1, 0.15) is 16.1 Å². The largest absolute Gasteiger partial charge is 0.497 e. The zero-order chi connectivity index (χ0) is 12.3. The van der Waals surface area contributed by atoms with Gasteiger partial charge in [-0.15, -0.1) is 10.2 Å². The Kier molecular flexibility index (Phi) is 3.58. The molecular formula is C12H11BrN2O2. The quantitative estimate of drug-likeness (QED) is 0.873. The molecule has 0 aliphatic carbocycles. The molecule has 88 valence electrons. The third-order valence-electron chi connectivity index (χ3n) is 2.32. The van der Waals surface area contributed by atoms with Crippen molar-refractivity contribution >= 4 is 15.9 Å². The van der Waals surface area contributed by atoms with Crippen molar-refractivity contribution in [1.82, 2.24) is 10.2 Å². The number of rotatable bonds is 3. The maximum atomic E-state index is 5.31. The van der Waals surface area contributed by atoms with Crippen LogP contribution < -0.4 is 9.47 Å². The molecule has 0 atom stereocenters. The molecule has 1 aromatic heterocycles. The highest BCUT2D eigenvalue weighted by atomic mass is 79.9. The molecule has 0 aliphatic rings. The van der Waals surface area contributed by atoms with Crippen molar-refractivity contribution in [2.75, 3.05) is 14.2 Å². The summed E-state index contributed by atoms with van der Waals surface area (Å²) in [6.45, 7) is 0. The van der Waals surface area contributed by atoms with Crippen molar-refractivity contribution in [2.24, 2.45) is 0 Å². The third kappa shape index (κ3) is 2.55. The van der Waals surface area contributed by atoms with Crippen LogP contribution in [0.2, 0.25) is 0 Å². The number of aromatic nitrogens is 2. The number of hydrogen-bond acceptors (Lipinski definition) is 4. The first kappa shape index (κ1) is 11.9. The van der Waals surface area contributed by atoms with Crippen LogP contribution in [0.5, 0.6) is 11.5 Å². The standard InChI is InChI=1S/C12H11BrN2O2/c1-16-8-3-4-9(11(7-8)17-2)10-5-6-12(13)15-14-10/h3-7H,1-2H3. The highest BCUT2D eigenvalue weighted by Gasteiger charge is 2.08. The summed E-state index contributed by atoms with van der Waals surface area (Å²) >= 11 is 3.25. The number of hydrogen-bond donors (Lipinski definition) is 0. The molecule has 0 saturated carbocycles. The molecule has 1 heterocycles. The summed E-state index contributed by atoms with van der Waals surface area (Å²) in [5.41, 5.74) is 1.64. The maximum absolute atomic E-state index is 5.31. The summed E-state index contributed by atoms with van der Waals surface area (Å²) in [5, 5.41) is 8.05. The van der Waals surface area contributed by atoms with E-state index in [1.54, 1.807) is 14.2 Å². The van der Waals surface area contributed by atoms with Crippen LogP contribution in [0.1, 0.15) is 0 Å². The van der Waals surface area contributed by atoms with Gasteiger partial charge in [-0.1, -0.05) is 0 Å². The van der Waals surface area contributed by atoms with Gasteiger partial charge < -0.3 is 9.47 Å². The van der Waals surface area contributed by atoms with Crippen LogP contribution in [-0.2, 0) is 0 Å². The van der Waals surface area contributed by atoms with Gasteiger partial charge in [0, 0.05) is 11.6 Å². The van der Waals surface area contributed by atoms with Crippen molar-refractivity contribution in [1.29, 1.82) is 0 Å². The molecule has 0 amide bonds. The Morgan fingerprint density at radius 2 is 1.82 bits per heavy atom. The van der Waals surface area contributed by atoms with Crippen molar-refractivity contribution in [3.05, 3.63) is 34.9 Å². The minimum absolute atomic E-state index is 0.703. The Labute approximate surface area is 108 Å². The van der Waals surface area contributed by atoms with E-state index in [2.05, 4.69) is 26.1 Å². The summed E-state index contributed by atoms with van der Waals surface area (Å²) in [6, 6.07) is 9.30. The van der Waals surface area contributed by atoms with E-state index in [1.165, 1.54) is 0 Å². The van der Waals surface area contributed by atoms with Crippen molar-refractivity contribution in [3.8, 4) is 22.8 Å². The van der Waals surface area contributed by atoms with E-state index >= 15 is 0 Å². The van der Waals surface area contributed by atoms with Crippen LogP contribution in [0.3, 0.4) is 0 Å². The lowest BCUT2D eigenvalue weighted by Crippen LogP contribution is -1.93.